The molecule has 0 bridgehead atoms. The molecule has 3 heteroatoms. The number of hydrogen-bond acceptors (Lipinski definition) is 3. The molecule has 0 fully saturated rings. The van der Waals surface area contributed by atoms with E-state index < -0.39 is 0 Å². The molecule has 0 amide bonds. The van der Waals surface area contributed by atoms with Crippen LogP contribution in [0.2, 0.25) is 0 Å². The molecule has 0 saturated heterocycles. The van der Waals surface area contributed by atoms with E-state index in [1.165, 1.54) is 0 Å². The maximum atomic E-state index is 5.70. The van der Waals surface area contributed by atoms with Gasteiger partial charge < -0.3 is 14.4 Å². The third-order valence-electron chi connectivity index (χ3n) is 2.51. The highest BCUT2D eigenvalue weighted by Gasteiger charge is 2.07. The zero-order valence-electron chi connectivity index (χ0n) is 10.4. The van der Waals surface area contributed by atoms with E-state index in [1.807, 2.05) is 18.2 Å². The molecule has 0 unspecified atom stereocenters. The van der Waals surface area contributed by atoms with Crippen molar-refractivity contribution in [3.8, 4) is 5.75 Å². The Labute approximate surface area is 98.0 Å². The molecule has 3 nitrogen and oxygen atoms in total. The van der Waals surface area contributed by atoms with Crippen LogP contribution in [0.4, 0.5) is 5.69 Å². The van der Waals surface area contributed by atoms with Crippen molar-refractivity contribution in [2.45, 2.75) is 13.8 Å². The van der Waals surface area contributed by atoms with E-state index in [-0.39, 0.29) is 0 Å². The summed E-state index contributed by atoms with van der Waals surface area (Å²) in [6.07, 6.45) is 0. The van der Waals surface area contributed by atoms with Gasteiger partial charge in [-0.2, -0.15) is 0 Å². The number of hydrogen-bond donors (Lipinski definition) is 0. The highest BCUT2D eigenvalue weighted by Crippen LogP contribution is 2.27. The van der Waals surface area contributed by atoms with Gasteiger partial charge in [0.2, 0.25) is 0 Å². The van der Waals surface area contributed by atoms with Crippen molar-refractivity contribution in [3.63, 3.8) is 0 Å². The van der Waals surface area contributed by atoms with Gasteiger partial charge in [-0.3, -0.25) is 0 Å². The smallest absolute Gasteiger partial charge is 0.142 e. The van der Waals surface area contributed by atoms with Crippen LogP contribution in [0.5, 0.6) is 5.75 Å². The molecule has 1 aromatic rings. The van der Waals surface area contributed by atoms with Crippen molar-refractivity contribution < 1.29 is 9.47 Å². The molecule has 0 aromatic heterocycles. The molecule has 0 spiro atoms. The Morgan fingerprint density at radius 3 is 2.38 bits per heavy atom. The highest BCUT2D eigenvalue weighted by molar-refractivity contribution is 5.58. The monoisotopic (exact) mass is 223 g/mol. The number of methoxy groups -OCH3 is 1. The number of benzene rings is 1. The first-order valence-corrected chi connectivity index (χ1v) is 5.79. The van der Waals surface area contributed by atoms with Crippen molar-refractivity contribution >= 4 is 5.69 Å². The minimum Gasteiger partial charge on any atom is -0.489 e. The third kappa shape index (κ3) is 3.42. The first-order chi connectivity index (χ1) is 7.83. The van der Waals surface area contributed by atoms with Crippen LogP contribution in [-0.4, -0.2) is 33.4 Å². The molecule has 0 aliphatic rings. The van der Waals surface area contributed by atoms with Gasteiger partial charge in [-0.05, 0) is 26.0 Å². The zero-order valence-corrected chi connectivity index (χ0v) is 10.4. The molecule has 90 valence electrons. The lowest BCUT2D eigenvalue weighted by Crippen LogP contribution is -2.22. The summed E-state index contributed by atoms with van der Waals surface area (Å²) < 4.78 is 10.7. The molecule has 0 aliphatic heterocycles. The highest BCUT2D eigenvalue weighted by atomic mass is 16.5. The van der Waals surface area contributed by atoms with E-state index in [2.05, 4.69) is 24.8 Å². The van der Waals surface area contributed by atoms with Gasteiger partial charge in [0, 0.05) is 20.2 Å². The second-order valence-electron chi connectivity index (χ2n) is 3.48. The van der Waals surface area contributed by atoms with E-state index in [0.29, 0.717) is 13.2 Å². The second-order valence-corrected chi connectivity index (χ2v) is 3.48. The predicted octanol–water partition coefficient (Wildman–Crippen LogP) is 2.56. The average Bonchev–Trinajstić information content (AvgIpc) is 2.33. The van der Waals surface area contributed by atoms with E-state index in [1.54, 1.807) is 7.11 Å². The summed E-state index contributed by atoms with van der Waals surface area (Å²) >= 11 is 0. The lowest BCUT2D eigenvalue weighted by molar-refractivity contribution is 0.146. The number of anilines is 1. The Morgan fingerprint density at radius 2 is 1.75 bits per heavy atom. The maximum absolute atomic E-state index is 5.70. The molecule has 16 heavy (non-hydrogen) atoms. The quantitative estimate of drug-likeness (QED) is 0.663. The first-order valence-electron chi connectivity index (χ1n) is 5.79. The lowest BCUT2D eigenvalue weighted by atomic mass is 10.2. The summed E-state index contributed by atoms with van der Waals surface area (Å²) in [5.41, 5.74) is 1.16. The fourth-order valence-electron chi connectivity index (χ4n) is 1.64. The van der Waals surface area contributed by atoms with E-state index in [0.717, 1.165) is 24.5 Å². The molecule has 0 aliphatic carbocycles. The van der Waals surface area contributed by atoms with Crippen molar-refractivity contribution in [1.29, 1.82) is 0 Å². The van der Waals surface area contributed by atoms with Crippen LogP contribution in [0, 0.1) is 0 Å². The minimum atomic E-state index is 0.592. The fraction of sp³-hybridized carbons (Fsp3) is 0.538. The van der Waals surface area contributed by atoms with Crippen LogP contribution in [0.3, 0.4) is 0 Å². The van der Waals surface area contributed by atoms with Gasteiger partial charge in [0.1, 0.15) is 12.4 Å². The van der Waals surface area contributed by atoms with Crippen LogP contribution < -0.4 is 9.64 Å². The largest absolute Gasteiger partial charge is 0.489 e. The summed E-state index contributed by atoms with van der Waals surface area (Å²) in [4.78, 5) is 2.28. The van der Waals surface area contributed by atoms with Gasteiger partial charge >= 0.3 is 0 Å². The van der Waals surface area contributed by atoms with Crippen molar-refractivity contribution in [2.24, 2.45) is 0 Å². The third-order valence-corrected chi connectivity index (χ3v) is 2.51. The van der Waals surface area contributed by atoms with Crippen molar-refractivity contribution in [1.82, 2.24) is 0 Å². The van der Waals surface area contributed by atoms with Crippen LogP contribution in [-0.2, 0) is 4.74 Å². The van der Waals surface area contributed by atoms with Crippen LogP contribution in [0.15, 0.2) is 24.3 Å². The summed E-state index contributed by atoms with van der Waals surface area (Å²) in [6.45, 7) is 7.48. The Bertz CT molecular complexity index is 298. The second kappa shape index (κ2) is 7.12. The molecular formula is C13H21NO2. The number of ether oxygens (including phenoxy) is 2. The Balaban J connectivity index is 2.74. The summed E-state index contributed by atoms with van der Waals surface area (Å²) in [5, 5.41) is 0. The first kappa shape index (κ1) is 12.8. The fourth-order valence-corrected chi connectivity index (χ4v) is 1.64. The standard InChI is InChI=1S/C13H21NO2/c1-4-14(5-2)12-8-6-7-9-13(12)16-11-10-15-3/h6-9H,4-5,10-11H2,1-3H3. The SMILES string of the molecule is CCN(CC)c1ccccc1OCCOC. The van der Waals surface area contributed by atoms with E-state index >= 15 is 0 Å². The molecular weight excluding hydrogens is 202 g/mol. The summed E-state index contributed by atoms with van der Waals surface area (Å²) in [7, 11) is 1.68. The summed E-state index contributed by atoms with van der Waals surface area (Å²) in [6, 6.07) is 8.13. The van der Waals surface area contributed by atoms with Crippen LogP contribution in [0.1, 0.15) is 13.8 Å². The van der Waals surface area contributed by atoms with Crippen molar-refractivity contribution in [3.05, 3.63) is 24.3 Å². The van der Waals surface area contributed by atoms with Gasteiger partial charge in [-0.1, -0.05) is 12.1 Å². The molecule has 1 rings (SSSR count). The molecule has 0 saturated carbocycles. The van der Waals surface area contributed by atoms with Gasteiger partial charge in [0.15, 0.2) is 0 Å². The van der Waals surface area contributed by atoms with Crippen molar-refractivity contribution in [2.75, 3.05) is 38.3 Å². The van der Waals surface area contributed by atoms with Crippen LogP contribution >= 0.6 is 0 Å². The van der Waals surface area contributed by atoms with Gasteiger partial charge in [-0.15, -0.1) is 0 Å². The normalized spacial score (nSPS) is 10.2. The molecule has 0 N–H and O–H groups in total. The number of para-hydroxylation sites is 2. The molecule has 1 aromatic carbocycles. The Kier molecular flexibility index (Phi) is 5.72. The Morgan fingerprint density at radius 1 is 1.06 bits per heavy atom. The predicted molar refractivity (Wildman–Crippen MR) is 67.4 cm³/mol. The van der Waals surface area contributed by atoms with E-state index in [9.17, 15) is 0 Å². The number of nitrogens with zero attached hydrogens (tertiary/aromatic N) is 1. The Hall–Kier alpha value is -1.22. The van der Waals surface area contributed by atoms with Gasteiger partial charge in [0.05, 0.1) is 12.3 Å². The van der Waals surface area contributed by atoms with E-state index in [4.69, 9.17) is 9.47 Å². The van der Waals surface area contributed by atoms with Crippen LogP contribution in [0.25, 0.3) is 0 Å². The average molecular weight is 223 g/mol. The lowest BCUT2D eigenvalue weighted by Gasteiger charge is -2.23. The minimum absolute atomic E-state index is 0.592. The summed E-state index contributed by atoms with van der Waals surface area (Å²) in [5.74, 6) is 0.934. The molecule has 0 heterocycles. The van der Waals surface area contributed by atoms with Gasteiger partial charge in [0.25, 0.3) is 0 Å². The maximum Gasteiger partial charge on any atom is 0.142 e. The number of rotatable bonds is 7. The molecule has 0 atom stereocenters. The molecule has 0 radical (unpaired) electrons. The van der Waals surface area contributed by atoms with Gasteiger partial charge in [-0.25, -0.2) is 0 Å². The topological polar surface area (TPSA) is 21.7 Å². The zero-order chi connectivity index (χ0) is 11.8.